The Kier molecular flexibility index (Phi) is 5.88. The molecule has 1 unspecified atom stereocenters. The van der Waals surface area contributed by atoms with Gasteiger partial charge in [-0.1, -0.05) is 13.8 Å². The lowest BCUT2D eigenvalue weighted by Gasteiger charge is -2.29. The average Bonchev–Trinajstić information content (AvgIpc) is 2.43. The molecule has 0 fully saturated rings. The number of hydrogen-bond donors (Lipinski definition) is 1. The molecule has 1 aromatic rings. The molecule has 116 valence electrons. The van der Waals surface area contributed by atoms with Crippen LogP contribution in [0.15, 0.2) is 24.3 Å². The van der Waals surface area contributed by atoms with Crippen LogP contribution >= 0.6 is 0 Å². The Morgan fingerprint density at radius 1 is 1.10 bits per heavy atom. The molecule has 1 N–H and O–H groups in total. The van der Waals surface area contributed by atoms with E-state index in [1.807, 2.05) is 27.7 Å². The van der Waals surface area contributed by atoms with Crippen LogP contribution < -0.4 is 5.32 Å². The molecular formula is C16H23FN2O2. The topological polar surface area (TPSA) is 49.4 Å². The second-order valence-corrected chi connectivity index (χ2v) is 5.74. The third kappa shape index (κ3) is 4.55. The van der Waals surface area contributed by atoms with Gasteiger partial charge in [0.05, 0.1) is 0 Å². The minimum Gasteiger partial charge on any atom is -0.342 e. The molecule has 0 aliphatic carbocycles. The number of carbonyl (C=O) groups is 2. The van der Waals surface area contributed by atoms with E-state index in [9.17, 15) is 14.0 Å². The molecule has 0 aliphatic rings. The summed E-state index contributed by atoms with van der Waals surface area (Å²) in [6, 6.07) is 4.71. The van der Waals surface area contributed by atoms with E-state index in [2.05, 4.69) is 5.32 Å². The minimum absolute atomic E-state index is 0.0388. The molecule has 4 nitrogen and oxygen atoms in total. The number of carbonyl (C=O) groups excluding carboxylic acids is 2. The van der Waals surface area contributed by atoms with Crippen molar-refractivity contribution in [3.8, 4) is 0 Å². The maximum Gasteiger partial charge on any atom is 0.251 e. The predicted octanol–water partition coefficient (Wildman–Crippen LogP) is 2.45. The van der Waals surface area contributed by atoms with Gasteiger partial charge in [-0.05, 0) is 44.0 Å². The zero-order valence-electron chi connectivity index (χ0n) is 13.2. The smallest absolute Gasteiger partial charge is 0.251 e. The van der Waals surface area contributed by atoms with Crippen molar-refractivity contribution in [2.75, 3.05) is 7.05 Å². The number of amides is 2. The fraction of sp³-hybridized carbons (Fsp3) is 0.500. The summed E-state index contributed by atoms with van der Waals surface area (Å²) in [4.78, 5) is 26.2. The van der Waals surface area contributed by atoms with E-state index in [0.29, 0.717) is 5.56 Å². The summed E-state index contributed by atoms with van der Waals surface area (Å²) in [6.45, 7) is 7.58. The van der Waals surface area contributed by atoms with Gasteiger partial charge >= 0.3 is 0 Å². The number of hydrogen-bond acceptors (Lipinski definition) is 2. The standard InChI is InChI=1S/C16H23FN2O2/c1-10(2)14(16(21)19(5)11(3)4)18-15(20)12-6-8-13(17)9-7-12/h6-11,14H,1-5H3,(H,18,20). The Balaban J connectivity index is 2.86. The summed E-state index contributed by atoms with van der Waals surface area (Å²) in [5.74, 6) is -0.944. The van der Waals surface area contributed by atoms with E-state index in [1.165, 1.54) is 24.3 Å². The van der Waals surface area contributed by atoms with Crippen LogP contribution in [0.1, 0.15) is 38.1 Å². The molecule has 2 amide bonds. The van der Waals surface area contributed by atoms with E-state index in [0.717, 1.165) is 0 Å². The first-order valence-corrected chi connectivity index (χ1v) is 7.07. The lowest BCUT2D eigenvalue weighted by Crippen LogP contribution is -2.51. The fourth-order valence-corrected chi connectivity index (χ4v) is 1.81. The van der Waals surface area contributed by atoms with Crippen molar-refractivity contribution < 1.29 is 14.0 Å². The lowest BCUT2D eigenvalue weighted by molar-refractivity contribution is -0.134. The SMILES string of the molecule is CC(C)C(NC(=O)c1ccc(F)cc1)C(=O)N(C)C(C)C. The highest BCUT2D eigenvalue weighted by Gasteiger charge is 2.28. The fourth-order valence-electron chi connectivity index (χ4n) is 1.81. The van der Waals surface area contributed by atoms with E-state index in [1.54, 1.807) is 11.9 Å². The number of nitrogens with zero attached hydrogens (tertiary/aromatic N) is 1. The zero-order valence-corrected chi connectivity index (χ0v) is 13.2. The summed E-state index contributed by atoms with van der Waals surface area (Å²) < 4.78 is 12.9. The van der Waals surface area contributed by atoms with Crippen molar-refractivity contribution in [1.82, 2.24) is 10.2 Å². The van der Waals surface area contributed by atoms with Gasteiger partial charge in [0.2, 0.25) is 5.91 Å². The predicted molar refractivity (Wildman–Crippen MR) is 80.4 cm³/mol. The van der Waals surface area contributed by atoms with Crippen molar-refractivity contribution in [1.29, 1.82) is 0 Å². The van der Waals surface area contributed by atoms with Crippen LogP contribution in [0.3, 0.4) is 0 Å². The van der Waals surface area contributed by atoms with Crippen LogP contribution in [0.4, 0.5) is 4.39 Å². The maximum atomic E-state index is 12.9. The van der Waals surface area contributed by atoms with Gasteiger partial charge in [0.25, 0.3) is 5.91 Å². The number of likely N-dealkylation sites (N-methyl/N-ethyl adjacent to an activating group) is 1. The van der Waals surface area contributed by atoms with Gasteiger partial charge in [0.1, 0.15) is 11.9 Å². The normalized spacial score (nSPS) is 12.4. The van der Waals surface area contributed by atoms with Crippen molar-refractivity contribution in [2.45, 2.75) is 39.8 Å². The van der Waals surface area contributed by atoms with E-state index < -0.39 is 11.9 Å². The highest BCUT2D eigenvalue weighted by molar-refractivity contribution is 5.97. The van der Waals surface area contributed by atoms with Gasteiger partial charge in [0, 0.05) is 18.7 Å². The first-order valence-electron chi connectivity index (χ1n) is 7.07. The molecule has 21 heavy (non-hydrogen) atoms. The van der Waals surface area contributed by atoms with Crippen molar-refractivity contribution in [3.63, 3.8) is 0 Å². The van der Waals surface area contributed by atoms with Crippen molar-refractivity contribution in [3.05, 3.63) is 35.6 Å². The van der Waals surface area contributed by atoms with Crippen LogP contribution in [-0.4, -0.2) is 35.8 Å². The lowest BCUT2D eigenvalue weighted by atomic mass is 10.0. The molecule has 0 aromatic heterocycles. The van der Waals surface area contributed by atoms with Gasteiger partial charge < -0.3 is 10.2 Å². The van der Waals surface area contributed by atoms with Crippen LogP contribution in [0.25, 0.3) is 0 Å². The molecule has 1 atom stereocenters. The minimum atomic E-state index is -0.602. The summed E-state index contributed by atoms with van der Waals surface area (Å²) in [6.07, 6.45) is 0. The summed E-state index contributed by atoms with van der Waals surface area (Å²) in [5.41, 5.74) is 0.335. The van der Waals surface area contributed by atoms with Gasteiger partial charge in [-0.2, -0.15) is 0 Å². The molecular weight excluding hydrogens is 271 g/mol. The summed E-state index contributed by atoms with van der Waals surface area (Å²) >= 11 is 0. The molecule has 0 saturated carbocycles. The van der Waals surface area contributed by atoms with Crippen LogP contribution in [0, 0.1) is 11.7 Å². The Hall–Kier alpha value is -1.91. The maximum absolute atomic E-state index is 12.9. The highest BCUT2D eigenvalue weighted by atomic mass is 19.1. The van der Waals surface area contributed by atoms with Crippen LogP contribution in [0.5, 0.6) is 0 Å². The summed E-state index contributed by atoms with van der Waals surface area (Å²) in [5, 5.41) is 2.74. The Morgan fingerprint density at radius 2 is 1.62 bits per heavy atom. The Morgan fingerprint density at radius 3 is 2.05 bits per heavy atom. The van der Waals surface area contributed by atoms with Gasteiger partial charge in [-0.25, -0.2) is 4.39 Å². The zero-order chi connectivity index (χ0) is 16.2. The van der Waals surface area contributed by atoms with Crippen molar-refractivity contribution >= 4 is 11.8 Å². The third-order valence-corrected chi connectivity index (χ3v) is 3.45. The van der Waals surface area contributed by atoms with E-state index in [4.69, 9.17) is 0 Å². The van der Waals surface area contributed by atoms with Crippen molar-refractivity contribution in [2.24, 2.45) is 5.92 Å². The molecule has 1 aromatic carbocycles. The molecule has 0 aliphatic heterocycles. The number of rotatable bonds is 5. The molecule has 0 radical (unpaired) electrons. The third-order valence-electron chi connectivity index (χ3n) is 3.45. The van der Waals surface area contributed by atoms with Crippen LogP contribution in [-0.2, 0) is 4.79 Å². The van der Waals surface area contributed by atoms with Gasteiger partial charge in [0.15, 0.2) is 0 Å². The molecule has 0 bridgehead atoms. The van der Waals surface area contributed by atoms with E-state index >= 15 is 0 Å². The number of halogens is 1. The molecule has 0 saturated heterocycles. The molecule has 0 heterocycles. The first kappa shape index (κ1) is 17.1. The molecule has 5 heteroatoms. The van der Waals surface area contributed by atoms with E-state index in [-0.39, 0.29) is 23.8 Å². The van der Waals surface area contributed by atoms with Gasteiger partial charge in [-0.15, -0.1) is 0 Å². The van der Waals surface area contributed by atoms with Gasteiger partial charge in [-0.3, -0.25) is 9.59 Å². The number of benzene rings is 1. The second-order valence-electron chi connectivity index (χ2n) is 5.74. The van der Waals surface area contributed by atoms with Crippen LogP contribution in [0.2, 0.25) is 0 Å². The Bertz CT molecular complexity index is 498. The molecule has 0 spiro atoms. The highest BCUT2D eigenvalue weighted by Crippen LogP contribution is 2.10. The quantitative estimate of drug-likeness (QED) is 0.907. The first-order chi connectivity index (χ1) is 9.73. The Labute approximate surface area is 125 Å². The summed E-state index contributed by atoms with van der Waals surface area (Å²) in [7, 11) is 1.71. The molecule has 1 rings (SSSR count). The number of nitrogens with one attached hydrogen (secondary N) is 1. The monoisotopic (exact) mass is 294 g/mol. The largest absolute Gasteiger partial charge is 0.342 e. The second kappa shape index (κ2) is 7.20. The average molecular weight is 294 g/mol.